The molecule has 3 aromatic rings. The first-order chi connectivity index (χ1) is 13.2. The van der Waals surface area contributed by atoms with E-state index in [0.29, 0.717) is 10.0 Å². The Morgan fingerprint density at radius 2 is 1.78 bits per heavy atom. The average Bonchev–Trinajstić information content (AvgIpc) is 3.09. The molecule has 1 aromatic heterocycles. The minimum absolute atomic E-state index is 0.699. The number of H-pyrrole nitrogens is 1. The summed E-state index contributed by atoms with van der Waals surface area (Å²) >= 11 is 12.4. The number of fused-ring (bicyclic) bond motifs is 1. The molecule has 1 aliphatic rings. The van der Waals surface area contributed by atoms with Gasteiger partial charge < -0.3 is 9.88 Å². The van der Waals surface area contributed by atoms with Crippen LogP contribution in [-0.4, -0.2) is 29.5 Å². The van der Waals surface area contributed by atoms with Crippen LogP contribution >= 0.6 is 23.2 Å². The molecule has 4 rings (SSSR count). The van der Waals surface area contributed by atoms with E-state index in [2.05, 4.69) is 46.4 Å². The van der Waals surface area contributed by atoms with Crippen molar-refractivity contribution in [3.05, 3.63) is 69.8 Å². The molecule has 0 radical (unpaired) electrons. The van der Waals surface area contributed by atoms with Gasteiger partial charge in [-0.1, -0.05) is 53.5 Å². The highest BCUT2D eigenvalue weighted by molar-refractivity contribution is 6.38. The third-order valence-corrected chi connectivity index (χ3v) is 6.34. The summed E-state index contributed by atoms with van der Waals surface area (Å²) in [6.45, 7) is 3.64. The van der Waals surface area contributed by atoms with Crippen LogP contribution in [0, 0.1) is 0 Å². The molecule has 1 fully saturated rings. The van der Waals surface area contributed by atoms with Crippen molar-refractivity contribution in [1.29, 1.82) is 0 Å². The Balaban J connectivity index is 1.23. The molecule has 0 atom stereocenters. The Labute approximate surface area is 171 Å². The van der Waals surface area contributed by atoms with Gasteiger partial charge in [-0.15, -0.1) is 0 Å². The molecule has 0 spiro atoms. The van der Waals surface area contributed by atoms with E-state index < -0.39 is 0 Å². The number of aromatic amines is 1. The number of nitrogens with one attached hydrogen (secondary N) is 1. The first-order valence-corrected chi connectivity index (χ1v) is 10.7. The highest BCUT2D eigenvalue weighted by Crippen LogP contribution is 2.31. The van der Waals surface area contributed by atoms with Gasteiger partial charge in [0.1, 0.15) is 0 Å². The number of likely N-dealkylation sites (tertiary alicyclic amines) is 1. The normalized spacial score (nSPS) is 16.2. The lowest BCUT2D eigenvalue weighted by atomic mass is 9.89. The Morgan fingerprint density at radius 1 is 1.00 bits per heavy atom. The zero-order chi connectivity index (χ0) is 18.6. The van der Waals surface area contributed by atoms with E-state index in [0.717, 1.165) is 23.2 Å². The third kappa shape index (κ3) is 4.51. The number of hydrogen-bond acceptors (Lipinski definition) is 1. The van der Waals surface area contributed by atoms with Gasteiger partial charge in [-0.3, -0.25) is 0 Å². The first kappa shape index (κ1) is 18.9. The highest BCUT2D eigenvalue weighted by Gasteiger charge is 2.19. The number of halogens is 2. The second-order valence-corrected chi connectivity index (χ2v) is 8.45. The molecule has 0 unspecified atom stereocenters. The zero-order valence-corrected chi connectivity index (χ0v) is 17.1. The van der Waals surface area contributed by atoms with Gasteiger partial charge in [0.2, 0.25) is 0 Å². The first-order valence-electron chi connectivity index (χ1n) is 9.93. The number of nitrogens with zero attached hydrogens (tertiary/aromatic N) is 1. The summed E-state index contributed by atoms with van der Waals surface area (Å²) in [5, 5.41) is 2.57. The maximum absolute atomic E-state index is 6.27. The zero-order valence-electron chi connectivity index (χ0n) is 15.6. The maximum Gasteiger partial charge on any atom is 0.0661 e. The van der Waals surface area contributed by atoms with Crippen LogP contribution in [0.1, 0.15) is 42.7 Å². The van der Waals surface area contributed by atoms with Gasteiger partial charge in [0.05, 0.1) is 10.5 Å². The lowest BCUT2D eigenvalue weighted by molar-refractivity contribution is 0.209. The molecule has 0 bridgehead atoms. The summed E-state index contributed by atoms with van der Waals surface area (Å²) in [5.41, 5.74) is 3.82. The van der Waals surface area contributed by atoms with Crippen molar-refractivity contribution in [3.8, 4) is 0 Å². The third-order valence-electron chi connectivity index (χ3n) is 5.82. The van der Waals surface area contributed by atoms with Crippen molar-refractivity contribution in [2.45, 2.75) is 38.0 Å². The smallest absolute Gasteiger partial charge is 0.0661 e. The summed E-state index contributed by atoms with van der Waals surface area (Å²) in [5.74, 6) is 0.739. The van der Waals surface area contributed by atoms with Crippen LogP contribution in [0.15, 0.2) is 48.7 Å². The summed E-state index contributed by atoms with van der Waals surface area (Å²) in [6.07, 6.45) is 8.13. The predicted octanol–water partition coefficient (Wildman–Crippen LogP) is 6.68. The second-order valence-electron chi connectivity index (χ2n) is 7.61. The van der Waals surface area contributed by atoms with Crippen LogP contribution in [0.2, 0.25) is 10.0 Å². The monoisotopic (exact) mass is 400 g/mol. The van der Waals surface area contributed by atoms with E-state index in [9.17, 15) is 0 Å². The highest BCUT2D eigenvalue weighted by atomic mass is 35.5. The predicted molar refractivity (Wildman–Crippen MR) is 116 cm³/mol. The molecule has 0 amide bonds. The number of aromatic nitrogens is 1. The Kier molecular flexibility index (Phi) is 6.07. The summed E-state index contributed by atoms with van der Waals surface area (Å²) in [4.78, 5) is 5.92. The molecule has 142 valence electrons. The van der Waals surface area contributed by atoms with E-state index in [4.69, 9.17) is 23.2 Å². The molecule has 27 heavy (non-hydrogen) atoms. The van der Waals surface area contributed by atoms with Crippen LogP contribution in [0.25, 0.3) is 10.9 Å². The molecule has 1 saturated heterocycles. The van der Waals surface area contributed by atoms with Crippen molar-refractivity contribution in [3.63, 3.8) is 0 Å². The Morgan fingerprint density at radius 3 is 2.56 bits per heavy atom. The van der Waals surface area contributed by atoms with E-state index in [1.165, 1.54) is 56.4 Å². The van der Waals surface area contributed by atoms with E-state index in [1.807, 2.05) is 6.07 Å². The largest absolute Gasteiger partial charge is 0.360 e. The van der Waals surface area contributed by atoms with Crippen LogP contribution < -0.4 is 0 Å². The number of hydrogen-bond donors (Lipinski definition) is 1. The van der Waals surface area contributed by atoms with E-state index in [-0.39, 0.29) is 0 Å². The second kappa shape index (κ2) is 8.68. The van der Waals surface area contributed by atoms with Gasteiger partial charge in [-0.05, 0) is 80.9 Å². The van der Waals surface area contributed by atoms with Crippen molar-refractivity contribution in [1.82, 2.24) is 9.88 Å². The quantitative estimate of drug-likeness (QED) is 0.457. The molecule has 1 N–H and O–H groups in total. The summed E-state index contributed by atoms with van der Waals surface area (Å²) < 4.78 is 0. The number of aryl methyl sites for hydroxylation is 1. The van der Waals surface area contributed by atoms with Crippen LogP contribution in [0.5, 0.6) is 0 Å². The molecule has 0 saturated carbocycles. The lowest BCUT2D eigenvalue weighted by Gasteiger charge is -2.32. The van der Waals surface area contributed by atoms with Gasteiger partial charge in [0.15, 0.2) is 0 Å². The summed E-state index contributed by atoms with van der Waals surface area (Å²) in [6, 6.07) is 14.8. The molecule has 2 nitrogen and oxygen atoms in total. The minimum Gasteiger partial charge on any atom is -0.360 e. The number of unbranched alkanes of at least 4 members (excludes halogenated alkanes) is 1. The van der Waals surface area contributed by atoms with Gasteiger partial charge >= 0.3 is 0 Å². The lowest BCUT2D eigenvalue weighted by Crippen LogP contribution is -2.33. The van der Waals surface area contributed by atoms with Gasteiger partial charge in [-0.25, -0.2) is 0 Å². The van der Waals surface area contributed by atoms with Crippen LogP contribution in [-0.2, 0) is 6.42 Å². The molecule has 2 aromatic carbocycles. The Bertz CT molecular complexity index is 880. The molecular formula is C23H26Cl2N2. The molecule has 0 aliphatic carbocycles. The van der Waals surface area contributed by atoms with Crippen molar-refractivity contribution in [2.24, 2.45) is 0 Å². The number of rotatable bonds is 6. The van der Waals surface area contributed by atoms with Gasteiger partial charge in [-0.2, -0.15) is 0 Å². The van der Waals surface area contributed by atoms with Gasteiger partial charge in [0, 0.05) is 16.6 Å². The fraction of sp³-hybridized carbons (Fsp3) is 0.391. The fourth-order valence-electron chi connectivity index (χ4n) is 4.28. The molecule has 2 heterocycles. The van der Waals surface area contributed by atoms with Crippen molar-refractivity contribution < 1.29 is 0 Å². The van der Waals surface area contributed by atoms with Crippen LogP contribution in [0.4, 0.5) is 0 Å². The molecule has 4 heteroatoms. The molecule has 1 aliphatic heterocycles. The van der Waals surface area contributed by atoms with Crippen molar-refractivity contribution in [2.75, 3.05) is 19.6 Å². The fourth-order valence-corrected chi connectivity index (χ4v) is 4.83. The maximum atomic E-state index is 6.27. The number of piperidine rings is 1. The van der Waals surface area contributed by atoms with E-state index >= 15 is 0 Å². The van der Waals surface area contributed by atoms with E-state index in [1.54, 1.807) is 6.07 Å². The minimum atomic E-state index is 0.699. The van der Waals surface area contributed by atoms with Crippen molar-refractivity contribution >= 4 is 34.1 Å². The van der Waals surface area contributed by atoms with Gasteiger partial charge in [0.25, 0.3) is 0 Å². The molecular weight excluding hydrogens is 375 g/mol. The standard InChI is InChI=1S/C23H26Cl2N2/c24-20-14-21-19(16-26-23(21)22(25)15-20)8-4-5-11-27-12-9-18(10-13-27)17-6-2-1-3-7-17/h1-3,6-7,14-16,18,26H,4-5,8-13H2. The summed E-state index contributed by atoms with van der Waals surface area (Å²) in [7, 11) is 0. The topological polar surface area (TPSA) is 19.0 Å². The average molecular weight is 401 g/mol. The number of benzene rings is 2. The Hall–Kier alpha value is -1.48. The SMILES string of the molecule is Clc1cc(Cl)c2[nH]cc(CCCCN3CCC(c4ccccc4)CC3)c2c1. The van der Waals surface area contributed by atoms with Crippen LogP contribution in [0.3, 0.4) is 0 Å².